The highest BCUT2D eigenvalue weighted by molar-refractivity contribution is 6.07. The van der Waals surface area contributed by atoms with Crippen LogP contribution in [0, 0.1) is 5.92 Å². The first kappa shape index (κ1) is 22.9. The van der Waals surface area contributed by atoms with Crippen molar-refractivity contribution in [2.75, 3.05) is 14.2 Å². The predicted molar refractivity (Wildman–Crippen MR) is 140 cm³/mol. The molecule has 1 saturated heterocycles. The van der Waals surface area contributed by atoms with E-state index in [-0.39, 0.29) is 24.4 Å². The summed E-state index contributed by atoms with van der Waals surface area (Å²) in [5.74, 6) is 0.339. The molecular weight excluding hydrogens is 470 g/mol. The smallest absolute Gasteiger partial charge is 0.322 e. The Kier molecular flexibility index (Phi) is 5.11. The molecule has 0 spiro atoms. The number of fused-ring (bicyclic) bond motifs is 2. The molecule has 2 aromatic carbocycles. The van der Waals surface area contributed by atoms with Crippen molar-refractivity contribution in [3.63, 3.8) is 0 Å². The van der Waals surface area contributed by atoms with Crippen LogP contribution in [-0.2, 0) is 16.9 Å². The second kappa shape index (κ2) is 8.26. The van der Waals surface area contributed by atoms with E-state index < -0.39 is 17.5 Å². The van der Waals surface area contributed by atoms with Gasteiger partial charge in [0.15, 0.2) is 11.4 Å². The summed E-state index contributed by atoms with van der Waals surface area (Å²) < 4.78 is 6.86. The molecule has 0 radical (unpaired) electrons. The number of rotatable bonds is 5. The van der Waals surface area contributed by atoms with Gasteiger partial charge in [-0.2, -0.15) is 5.10 Å². The summed E-state index contributed by atoms with van der Waals surface area (Å²) in [6.45, 7) is 2.13. The Morgan fingerprint density at radius 3 is 2.65 bits per heavy atom. The number of ether oxygens (including phenoxy) is 1. The van der Waals surface area contributed by atoms with Gasteiger partial charge in [-0.25, -0.2) is 4.79 Å². The number of methoxy groups -OCH3 is 1. The number of aromatic hydroxyl groups is 1. The first-order chi connectivity index (χ1) is 17.8. The lowest BCUT2D eigenvalue weighted by Crippen LogP contribution is -2.47. The molecule has 1 aliphatic carbocycles. The summed E-state index contributed by atoms with van der Waals surface area (Å²) in [5.41, 5.74) is 2.56. The molecule has 1 aromatic heterocycles. The minimum Gasteiger partial charge on any atom is -0.497 e. The van der Waals surface area contributed by atoms with E-state index in [0.29, 0.717) is 16.7 Å². The molecule has 0 saturated carbocycles. The third kappa shape index (κ3) is 3.57. The fourth-order valence-electron chi connectivity index (χ4n) is 5.66. The van der Waals surface area contributed by atoms with E-state index in [2.05, 4.69) is 34.8 Å². The van der Waals surface area contributed by atoms with Crippen LogP contribution in [-0.4, -0.2) is 53.0 Å². The van der Waals surface area contributed by atoms with Crippen LogP contribution in [0.3, 0.4) is 0 Å². The quantitative estimate of drug-likeness (QED) is 0.469. The summed E-state index contributed by atoms with van der Waals surface area (Å²) >= 11 is 0. The first-order valence-corrected chi connectivity index (χ1v) is 12.1. The largest absolute Gasteiger partial charge is 0.497 e. The molecular formula is C28H27N5O4. The molecule has 9 heteroatoms. The van der Waals surface area contributed by atoms with Crippen LogP contribution in [0.15, 0.2) is 71.5 Å². The van der Waals surface area contributed by atoms with E-state index >= 15 is 0 Å². The number of benzene rings is 2. The first-order valence-electron chi connectivity index (χ1n) is 12.1. The van der Waals surface area contributed by atoms with Crippen molar-refractivity contribution in [1.82, 2.24) is 20.2 Å². The maximum absolute atomic E-state index is 13.2. The van der Waals surface area contributed by atoms with E-state index in [0.717, 1.165) is 16.5 Å². The van der Waals surface area contributed by atoms with Gasteiger partial charge in [0, 0.05) is 36.1 Å². The number of amides is 3. The van der Waals surface area contributed by atoms with Gasteiger partial charge < -0.3 is 19.7 Å². The molecule has 3 N–H and O–H groups in total. The number of imide groups is 1. The van der Waals surface area contributed by atoms with Crippen LogP contribution in [0.2, 0.25) is 0 Å². The highest BCUT2D eigenvalue weighted by Crippen LogP contribution is 2.37. The number of allylic oxidation sites excluding steroid dienone is 2. The molecule has 188 valence electrons. The van der Waals surface area contributed by atoms with Gasteiger partial charge in [0.1, 0.15) is 5.75 Å². The van der Waals surface area contributed by atoms with Crippen LogP contribution < -0.4 is 15.4 Å². The third-order valence-corrected chi connectivity index (χ3v) is 7.54. The Labute approximate surface area is 213 Å². The summed E-state index contributed by atoms with van der Waals surface area (Å²) in [6, 6.07) is 12.7. The number of hydrogen-bond donors (Lipinski definition) is 3. The molecule has 3 aromatic rings. The van der Waals surface area contributed by atoms with Gasteiger partial charge in [-0.3, -0.25) is 15.1 Å². The molecule has 2 aliphatic heterocycles. The number of urea groups is 1. The van der Waals surface area contributed by atoms with E-state index in [1.807, 2.05) is 48.6 Å². The lowest BCUT2D eigenvalue weighted by Gasteiger charge is -2.29. The second-order valence-corrected chi connectivity index (χ2v) is 9.80. The zero-order chi connectivity index (χ0) is 25.9. The minimum absolute atomic E-state index is 0.00966. The molecule has 37 heavy (non-hydrogen) atoms. The normalized spacial score (nSPS) is 24.6. The molecule has 0 bridgehead atoms. The van der Waals surface area contributed by atoms with Crippen LogP contribution >= 0.6 is 0 Å². The van der Waals surface area contributed by atoms with E-state index in [9.17, 15) is 14.7 Å². The topological polar surface area (TPSA) is 108 Å². The summed E-state index contributed by atoms with van der Waals surface area (Å²) in [4.78, 5) is 25.5. The standard InChI is InChI=1S/C28H27N5O4/c1-16-10-19(11-20-13-29-32(2)24(16)20)17-4-7-21(8-5-17)28(26(35)30-27(36)31-28)15-33-14-18-6-9-22(37-3)12-23(18)25(33)34/h4-14,20,24,34H,15H2,1-3H3,(H2,30,31,35,36)/t20?,24?,28-/m0/s1. The van der Waals surface area contributed by atoms with Gasteiger partial charge in [0.05, 0.1) is 19.7 Å². The van der Waals surface area contributed by atoms with Crippen molar-refractivity contribution in [2.45, 2.75) is 25.0 Å². The van der Waals surface area contributed by atoms with Gasteiger partial charge in [-0.1, -0.05) is 36.4 Å². The highest BCUT2D eigenvalue weighted by Gasteiger charge is 2.48. The number of likely N-dealkylation sites (N-methyl/N-ethyl adjacent to an activating group) is 1. The van der Waals surface area contributed by atoms with Crippen molar-refractivity contribution >= 4 is 34.5 Å². The summed E-state index contributed by atoms with van der Waals surface area (Å²) in [7, 11) is 3.54. The monoisotopic (exact) mass is 497 g/mol. The SMILES string of the molecule is COc1ccc2cn(C[C@@]3(c4ccc(C5=CC6C=NN(C)C6C(C)=C5)cc4)NC(=O)NC3=O)c(O)c2c1. The Hall–Kier alpha value is -4.53. The molecule has 3 aliphatic rings. The average Bonchev–Trinajstić information content (AvgIpc) is 3.52. The Morgan fingerprint density at radius 2 is 1.95 bits per heavy atom. The zero-order valence-electron chi connectivity index (χ0n) is 20.7. The molecule has 9 nitrogen and oxygen atoms in total. The maximum atomic E-state index is 13.2. The predicted octanol–water partition coefficient (Wildman–Crippen LogP) is 3.35. The van der Waals surface area contributed by atoms with Crippen molar-refractivity contribution in [2.24, 2.45) is 11.0 Å². The number of nitrogens with zero attached hydrogens (tertiary/aromatic N) is 3. The van der Waals surface area contributed by atoms with Crippen LogP contribution in [0.5, 0.6) is 11.6 Å². The Morgan fingerprint density at radius 1 is 1.16 bits per heavy atom. The third-order valence-electron chi connectivity index (χ3n) is 7.54. The lowest BCUT2D eigenvalue weighted by molar-refractivity contribution is -0.124. The zero-order valence-corrected chi connectivity index (χ0v) is 20.7. The van der Waals surface area contributed by atoms with Gasteiger partial charge in [0.2, 0.25) is 0 Å². The lowest BCUT2D eigenvalue weighted by atomic mass is 9.84. The van der Waals surface area contributed by atoms with Gasteiger partial charge >= 0.3 is 6.03 Å². The molecule has 3 atom stereocenters. The number of nitrogens with one attached hydrogen (secondary N) is 2. The van der Waals surface area contributed by atoms with E-state index in [4.69, 9.17) is 4.74 Å². The van der Waals surface area contributed by atoms with Gasteiger partial charge in [-0.15, -0.1) is 0 Å². The van der Waals surface area contributed by atoms with Crippen LogP contribution in [0.25, 0.3) is 16.3 Å². The van der Waals surface area contributed by atoms with Gasteiger partial charge in [0.25, 0.3) is 5.91 Å². The van der Waals surface area contributed by atoms with E-state index in [1.165, 1.54) is 5.57 Å². The van der Waals surface area contributed by atoms with E-state index in [1.54, 1.807) is 30.0 Å². The van der Waals surface area contributed by atoms with Crippen molar-refractivity contribution in [3.8, 4) is 11.6 Å². The van der Waals surface area contributed by atoms with Crippen LogP contribution in [0.1, 0.15) is 18.1 Å². The number of hydrogen-bond acceptors (Lipinski definition) is 6. The Balaban J connectivity index is 1.36. The summed E-state index contributed by atoms with van der Waals surface area (Å²) in [6.07, 6.45) is 8.09. The summed E-state index contributed by atoms with van der Waals surface area (Å²) in [5, 5.41) is 23.9. The minimum atomic E-state index is -1.38. The fraction of sp³-hybridized carbons (Fsp3) is 0.250. The average molecular weight is 498 g/mol. The molecule has 3 heterocycles. The highest BCUT2D eigenvalue weighted by atomic mass is 16.5. The Bertz CT molecular complexity index is 1530. The molecule has 2 unspecified atom stereocenters. The number of carbonyl (C=O) groups excluding carboxylic acids is 2. The van der Waals surface area contributed by atoms with Crippen molar-refractivity contribution in [1.29, 1.82) is 0 Å². The maximum Gasteiger partial charge on any atom is 0.322 e. The van der Waals surface area contributed by atoms with Crippen molar-refractivity contribution < 1.29 is 19.4 Å². The van der Waals surface area contributed by atoms with Crippen molar-refractivity contribution in [3.05, 3.63) is 77.5 Å². The number of carbonyl (C=O) groups is 2. The number of aromatic nitrogens is 1. The van der Waals surface area contributed by atoms with Crippen LogP contribution in [0.4, 0.5) is 4.79 Å². The molecule has 3 amide bonds. The second-order valence-electron chi connectivity index (χ2n) is 9.80. The number of hydrazone groups is 1. The molecule has 1 fully saturated rings. The van der Waals surface area contributed by atoms with Gasteiger partial charge in [-0.05, 0) is 47.4 Å². The molecule has 6 rings (SSSR count). The fourth-order valence-corrected chi connectivity index (χ4v) is 5.66.